The van der Waals surface area contributed by atoms with Crippen LogP contribution in [-0.4, -0.2) is 50.1 Å². The number of benzene rings is 2. The number of rotatable bonds is 8. The molecule has 0 bridgehead atoms. The summed E-state index contributed by atoms with van der Waals surface area (Å²) in [4.78, 5) is 15.6. The maximum absolute atomic E-state index is 13.2. The van der Waals surface area contributed by atoms with Gasteiger partial charge in [0.05, 0.1) is 25.7 Å². The van der Waals surface area contributed by atoms with Crippen LogP contribution in [0.5, 0.6) is 5.75 Å². The lowest BCUT2D eigenvalue weighted by Gasteiger charge is -2.30. The van der Waals surface area contributed by atoms with E-state index in [1.807, 2.05) is 54.6 Å². The zero-order chi connectivity index (χ0) is 18.2. The van der Waals surface area contributed by atoms with Crippen LogP contribution in [0.3, 0.4) is 0 Å². The van der Waals surface area contributed by atoms with Gasteiger partial charge in [0.2, 0.25) is 0 Å². The molecular formula is C22H27NO3. The van der Waals surface area contributed by atoms with Crippen molar-refractivity contribution in [3.63, 3.8) is 0 Å². The minimum absolute atomic E-state index is 0.157. The first-order valence-electron chi connectivity index (χ1n) is 9.40. The normalized spacial score (nSPS) is 16.2. The monoisotopic (exact) mass is 353 g/mol. The van der Waals surface area contributed by atoms with Gasteiger partial charge in [-0.1, -0.05) is 37.3 Å². The number of Topliss-reactive ketones (excluding diaryl/α,β-unsaturated/α-hetero) is 1. The number of carbonyl (C=O) groups is 1. The number of hydrogen-bond donors (Lipinski definition) is 0. The Labute approximate surface area is 155 Å². The predicted octanol–water partition coefficient (Wildman–Crippen LogP) is 3.77. The Hall–Kier alpha value is -2.17. The van der Waals surface area contributed by atoms with Gasteiger partial charge in [-0.05, 0) is 36.2 Å². The lowest BCUT2D eigenvalue weighted by molar-refractivity contribution is 0.0345. The molecule has 0 aromatic heterocycles. The Kier molecular flexibility index (Phi) is 6.81. The van der Waals surface area contributed by atoms with Crippen LogP contribution in [-0.2, 0) is 4.74 Å². The van der Waals surface area contributed by atoms with Gasteiger partial charge in [-0.15, -0.1) is 0 Å². The summed E-state index contributed by atoms with van der Waals surface area (Å²) < 4.78 is 11.1. The lowest BCUT2D eigenvalue weighted by Crippen LogP contribution is -2.40. The topological polar surface area (TPSA) is 38.8 Å². The number of morpholine rings is 1. The first-order valence-corrected chi connectivity index (χ1v) is 9.40. The molecule has 0 unspecified atom stereocenters. The van der Waals surface area contributed by atoms with Crippen LogP contribution >= 0.6 is 0 Å². The van der Waals surface area contributed by atoms with E-state index < -0.39 is 0 Å². The molecule has 0 spiro atoms. The van der Waals surface area contributed by atoms with E-state index in [0.29, 0.717) is 6.61 Å². The summed E-state index contributed by atoms with van der Waals surface area (Å²) in [5, 5.41) is 0. The van der Waals surface area contributed by atoms with Gasteiger partial charge < -0.3 is 9.47 Å². The maximum Gasteiger partial charge on any atom is 0.171 e. The highest BCUT2D eigenvalue weighted by Crippen LogP contribution is 2.24. The number of ketones is 1. The number of nitrogens with zero attached hydrogens (tertiary/aromatic N) is 1. The summed E-state index contributed by atoms with van der Waals surface area (Å²) in [6, 6.07) is 17.6. The molecule has 0 aliphatic carbocycles. The molecule has 4 nitrogen and oxygen atoms in total. The molecule has 1 aliphatic rings. The van der Waals surface area contributed by atoms with Crippen molar-refractivity contribution in [3.05, 3.63) is 65.7 Å². The molecule has 2 aromatic carbocycles. The number of ether oxygens (including phenoxy) is 2. The van der Waals surface area contributed by atoms with E-state index in [9.17, 15) is 4.79 Å². The highest BCUT2D eigenvalue weighted by atomic mass is 16.5. The highest BCUT2D eigenvalue weighted by molar-refractivity contribution is 6.01. The molecule has 3 rings (SSSR count). The lowest BCUT2D eigenvalue weighted by atomic mass is 9.90. The highest BCUT2D eigenvalue weighted by Gasteiger charge is 2.25. The van der Waals surface area contributed by atoms with Crippen LogP contribution < -0.4 is 4.74 Å². The van der Waals surface area contributed by atoms with Gasteiger partial charge in [0.15, 0.2) is 5.78 Å². The van der Waals surface area contributed by atoms with Crippen molar-refractivity contribution >= 4 is 5.78 Å². The Balaban J connectivity index is 1.77. The standard InChI is InChI=1S/C22H27NO3/c1-2-14-26-20-10-8-19(9-11-20)22(24)21(18-6-4-3-5-7-18)17-23-12-15-25-16-13-23/h3-11,21H,2,12-17H2,1H3/t21-/m0/s1. The van der Waals surface area contributed by atoms with Gasteiger partial charge in [0, 0.05) is 25.2 Å². The van der Waals surface area contributed by atoms with Crippen LogP contribution in [0.4, 0.5) is 0 Å². The molecule has 1 heterocycles. The fourth-order valence-corrected chi connectivity index (χ4v) is 3.20. The van der Waals surface area contributed by atoms with E-state index in [4.69, 9.17) is 9.47 Å². The Morgan fingerprint density at radius 3 is 2.42 bits per heavy atom. The van der Waals surface area contributed by atoms with Crippen molar-refractivity contribution in [3.8, 4) is 5.75 Å². The Bertz CT molecular complexity index is 678. The Morgan fingerprint density at radius 2 is 1.77 bits per heavy atom. The van der Waals surface area contributed by atoms with E-state index in [1.54, 1.807) is 0 Å². The maximum atomic E-state index is 13.2. The molecular weight excluding hydrogens is 326 g/mol. The first kappa shape index (κ1) is 18.6. The molecule has 26 heavy (non-hydrogen) atoms. The molecule has 0 radical (unpaired) electrons. The van der Waals surface area contributed by atoms with E-state index in [0.717, 1.165) is 56.1 Å². The van der Waals surface area contributed by atoms with Crippen molar-refractivity contribution in [2.24, 2.45) is 0 Å². The van der Waals surface area contributed by atoms with Crippen LogP contribution in [0.1, 0.15) is 35.2 Å². The largest absolute Gasteiger partial charge is 0.494 e. The molecule has 1 atom stereocenters. The SMILES string of the molecule is CCCOc1ccc(C(=O)[C@@H](CN2CCOCC2)c2ccccc2)cc1. The van der Waals surface area contributed by atoms with Crippen molar-refractivity contribution in [2.45, 2.75) is 19.3 Å². The summed E-state index contributed by atoms with van der Waals surface area (Å²) in [6.07, 6.45) is 0.969. The van der Waals surface area contributed by atoms with Gasteiger partial charge in [-0.25, -0.2) is 0 Å². The van der Waals surface area contributed by atoms with Crippen molar-refractivity contribution in [1.29, 1.82) is 0 Å². The summed E-state index contributed by atoms with van der Waals surface area (Å²) in [5.74, 6) is 0.800. The third-order valence-corrected chi connectivity index (χ3v) is 4.67. The summed E-state index contributed by atoms with van der Waals surface area (Å²) in [7, 11) is 0. The molecule has 1 fully saturated rings. The second-order valence-electron chi connectivity index (χ2n) is 6.61. The Morgan fingerprint density at radius 1 is 1.08 bits per heavy atom. The minimum Gasteiger partial charge on any atom is -0.494 e. The van der Waals surface area contributed by atoms with Gasteiger partial charge >= 0.3 is 0 Å². The van der Waals surface area contributed by atoms with E-state index in [-0.39, 0.29) is 11.7 Å². The number of carbonyl (C=O) groups excluding carboxylic acids is 1. The predicted molar refractivity (Wildman–Crippen MR) is 103 cm³/mol. The molecule has 0 amide bonds. The quantitative estimate of drug-likeness (QED) is 0.677. The number of hydrogen-bond acceptors (Lipinski definition) is 4. The van der Waals surface area contributed by atoms with Crippen LogP contribution in [0.25, 0.3) is 0 Å². The van der Waals surface area contributed by atoms with E-state index in [1.165, 1.54) is 0 Å². The third-order valence-electron chi connectivity index (χ3n) is 4.67. The van der Waals surface area contributed by atoms with Crippen molar-refractivity contribution in [1.82, 2.24) is 4.90 Å². The molecule has 1 aliphatic heterocycles. The van der Waals surface area contributed by atoms with Crippen LogP contribution in [0, 0.1) is 0 Å². The van der Waals surface area contributed by atoms with E-state index >= 15 is 0 Å². The second kappa shape index (κ2) is 9.51. The van der Waals surface area contributed by atoms with Crippen molar-refractivity contribution in [2.75, 3.05) is 39.5 Å². The van der Waals surface area contributed by atoms with Crippen LogP contribution in [0.15, 0.2) is 54.6 Å². The molecule has 2 aromatic rings. The second-order valence-corrected chi connectivity index (χ2v) is 6.61. The zero-order valence-electron chi connectivity index (χ0n) is 15.4. The minimum atomic E-state index is -0.170. The smallest absolute Gasteiger partial charge is 0.171 e. The molecule has 1 saturated heterocycles. The fourth-order valence-electron chi connectivity index (χ4n) is 3.20. The van der Waals surface area contributed by atoms with Crippen molar-refractivity contribution < 1.29 is 14.3 Å². The van der Waals surface area contributed by atoms with Gasteiger partial charge in [0.1, 0.15) is 5.75 Å². The third kappa shape index (κ3) is 4.93. The fraction of sp³-hybridized carbons (Fsp3) is 0.409. The van der Waals surface area contributed by atoms with Crippen LogP contribution in [0.2, 0.25) is 0 Å². The average Bonchev–Trinajstić information content (AvgIpc) is 2.72. The summed E-state index contributed by atoms with van der Waals surface area (Å²) in [6.45, 7) is 6.71. The summed E-state index contributed by atoms with van der Waals surface area (Å²) in [5.41, 5.74) is 1.80. The molecule has 0 N–H and O–H groups in total. The zero-order valence-corrected chi connectivity index (χ0v) is 15.4. The first-order chi connectivity index (χ1) is 12.8. The van der Waals surface area contributed by atoms with E-state index in [2.05, 4.69) is 11.8 Å². The molecule has 138 valence electrons. The average molecular weight is 353 g/mol. The van der Waals surface area contributed by atoms with Gasteiger partial charge in [-0.3, -0.25) is 9.69 Å². The van der Waals surface area contributed by atoms with Gasteiger partial charge in [-0.2, -0.15) is 0 Å². The van der Waals surface area contributed by atoms with Gasteiger partial charge in [0.25, 0.3) is 0 Å². The summed E-state index contributed by atoms with van der Waals surface area (Å²) >= 11 is 0. The molecule has 0 saturated carbocycles. The molecule has 4 heteroatoms.